The largest absolute Gasteiger partial charge is 1.00 e. The molecule has 4 N–H and O–H groups in total. The summed E-state index contributed by atoms with van der Waals surface area (Å²) in [5.74, 6) is 0. The fourth-order valence-electron chi connectivity index (χ4n) is 1.30. The van der Waals surface area contributed by atoms with Crippen molar-refractivity contribution in [2.75, 3.05) is 13.7 Å². The summed E-state index contributed by atoms with van der Waals surface area (Å²) in [6.45, 7) is -0.420. The minimum Gasteiger partial charge on any atom is -0.637 e. The molecular weight excluding hydrogens is 264 g/mol. The van der Waals surface area contributed by atoms with Crippen molar-refractivity contribution in [2.24, 2.45) is 0 Å². The fraction of sp³-hybridized carbons (Fsp3) is 1.00. The zero-order valence-corrected chi connectivity index (χ0v) is 13.2. The number of likely N-dealkylation sites (N-methyl/N-ethyl adjacent to an activating group) is 1. The molecule has 0 amide bonds. The minimum atomic E-state index is -1.33. The van der Waals surface area contributed by atoms with Gasteiger partial charge in [0, 0.05) is 0 Å². The van der Waals surface area contributed by atoms with Gasteiger partial charge in [0.05, 0.1) is 12.7 Å². The predicted octanol–water partition coefficient (Wildman–Crippen LogP) is -5.21. The van der Waals surface area contributed by atoms with Crippen molar-refractivity contribution in [3.8, 4) is 0 Å². The summed E-state index contributed by atoms with van der Waals surface area (Å²) < 4.78 is 5.00. The molecule has 0 radical (unpaired) electrons. The van der Waals surface area contributed by atoms with E-state index in [2.05, 4.69) is 5.32 Å². The van der Waals surface area contributed by atoms with Gasteiger partial charge in [0.15, 0.2) is 0 Å². The van der Waals surface area contributed by atoms with Crippen LogP contribution in [0.2, 0.25) is 0 Å². The second-order valence-electron chi connectivity index (χ2n) is 2.98. The first-order valence-corrected chi connectivity index (χ1v) is 4.01. The van der Waals surface area contributed by atoms with Crippen LogP contribution in [0.25, 0.3) is 5.32 Å². The SMILES string of the molecule is C[N-][C@@H]1O[C@H](CO)[C@@H](O)[C@H](O)[C@H]1O.[Rb+]. The van der Waals surface area contributed by atoms with Crippen LogP contribution in [0.15, 0.2) is 0 Å². The molecule has 6 nitrogen and oxygen atoms in total. The standard InChI is InChI=1S/C7H14NO5.Rb/c1-8-7-6(12)5(11)4(10)3(2-9)13-7;/h3-7,9-12H,2H2,1H3;/q-1;+1/t3-,4-,5+,6-,7-;/m1./s1. The van der Waals surface area contributed by atoms with E-state index in [-0.39, 0.29) is 58.2 Å². The Kier molecular flexibility index (Phi) is 7.78. The second kappa shape index (κ2) is 7.00. The van der Waals surface area contributed by atoms with Gasteiger partial charge in [0.25, 0.3) is 0 Å². The smallest absolute Gasteiger partial charge is 0.637 e. The summed E-state index contributed by atoms with van der Waals surface area (Å²) in [4.78, 5) is 0. The van der Waals surface area contributed by atoms with Gasteiger partial charge in [-0.2, -0.15) is 7.05 Å². The van der Waals surface area contributed by atoms with Gasteiger partial charge < -0.3 is 30.5 Å². The Hall–Kier alpha value is 1.57. The predicted molar refractivity (Wildman–Crippen MR) is 43.1 cm³/mol. The molecule has 5 atom stereocenters. The number of aliphatic hydroxyl groups is 4. The monoisotopic (exact) mass is 277 g/mol. The molecule has 1 saturated heterocycles. The summed E-state index contributed by atoms with van der Waals surface area (Å²) in [6.07, 6.45) is -5.65. The molecule has 0 bridgehead atoms. The van der Waals surface area contributed by atoms with Crippen LogP contribution in [0.4, 0.5) is 0 Å². The summed E-state index contributed by atoms with van der Waals surface area (Å²) in [6, 6.07) is 0. The molecule has 0 unspecified atom stereocenters. The average molecular weight is 278 g/mol. The summed E-state index contributed by atoms with van der Waals surface area (Å²) >= 11 is 0. The van der Waals surface area contributed by atoms with Gasteiger partial charge in [-0.3, -0.25) is 0 Å². The molecule has 1 aliphatic heterocycles. The Morgan fingerprint density at radius 2 is 1.71 bits per heavy atom. The van der Waals surface area contributed by atoms with Crippen LogP contribution in [0.3, 0.4) is 0 Å². The number of hydrogen-bond acceptors (Lipinski definition) is 5. The van der Waals surface area contributed by atoms with E-state index < -0.39 is 37.3 Å². The second-order valence-corrected chi connectivity index (χ2v) is 2.98. The van der Waals surface area contributed by atoms with Crippen molar-refractivity contribution >= 4 is 0 Å². The molecule has 78 valence electrons. The van der Waals surface area contributed by atoms with Crippen molar-refractivity contribution in [1.29, 1.82) is 0 Å². The maximum atomic E-state index is 9.31. The number of hydrogen-bond donors (Lipinski definition) is 4. The van der Waals surface area contributed by atoms with Gasteiger partial charge in [0.1, 0.15) is 18.3 Å². The van der Waals surface area contributed by atoms with Crippen LogP contribution in [-0.4, -0.2) is 64.7 Å². The van der Waals surface area contributed by atoms with Gasteiger partial charge in [-0.25, -0.2) is 0 Å². The molecule has 0 aromatic rings. The molecule has 14 heavy (non-hydrogen) atoms. The first-order chi connectivity index (χ1) is 6.11. The van der Waals surface area contributed by atoms with E-state index in [1.165, 1.54) is 7.05 Å². The molecule has 1 heterocycles. The third-order valence-electron chi connectivity index (χ3n) is 2.12. The van der Waals surface area contributed by atoms with E-state index >= 15 is 0 Å². The van der Waals surface area contributed by atoms with Gasteiger partial charge in [-0.15, -0.1) is 0 Å². The number of rotatable bonds is 2. The van der Waals surface area contributed by atoms with Crippen LogP contribution in [0, 0.1) is 0 Å². The Morgan fingerprint density at radius 1 is 1.14 bits per heavy atom. The van der Waals surface area contributed by atoms with Crippen molar-refractivity contribution in [2.45, 2.75) is 30.6 Å². The molecular formula is C7H14NO5Rb. The van der Waals surface area contributed by atoms with Crippen LogP contribution in [0.5, 0.6) is 0 Å². The van der Waals surface area contributed by atoms with Crippen LogP contribution in [0.1, 0.15) is 0 Å². The van der Waals surface area contributed by atoms with Crippen molar-refractivity contribution in [1.82, 2.24) is 0 Å². The van der Waals surface area contributed by atoms with Crippen molar-refractivity contribution < 1.29 is 83.4 Å². The van der Waals surface area contributed by atoms with Crippen LogP contribution in [-0.2, 0) is 4.74 Å². The third-order valence-corrected chi connectivity index (χ3v) is 2.12. The van der Waals surface area contributed by atoms with Crippen LogP contribution >= 0.6 is 0 Å². The Morgan fingerprint density at radius 3 is 2.14 bits per heavy atom. The molecule has 1 rings (SSSR count). The van der Waals surface area contributed by atoms with E-state index in [1.54, 1.807) is 0 Å². The number of ether oxygens (including phenoxy) is 1. The van der Waals surface area contributed by atoms with E-state index in [1.807, 2.05) is 0 Å². The van der Waals surface area contributed by atoms with Crippen LogP contribution < -0.4 is 58.2 Å². The Balaban J connectivity index is 0.00000169. The molecule has 7 heteroatoms. The zero-order valence-electron chi connectivity index (χ0n) is 8.24. The van der Waals surface area contributed by atoms with E-state index in [4.69, 9.17) is 9.84 Å². The van der Waals surface area contributed by atoms with E-state index in [0.717, 1.165) is 0 Å². The number of nitrogens with zero attached hydrogens (tertiary/aromatic N) is 1. The summed E-state index contributed by atoms with van der Waals surface area (Å²) in [5.41, 5.74) is 0. The molecule has 1 fully saturated rings. The van der Waals surface area contributed by atoms with Crippen molar-refractivity contribution in [3.63, 3.8) is 0 Å². The Bertz CT molecular complexity index is 152. The first-order valence-electron chi connectivity index (χ1n) is 4.01. The number of aliphatic hydroxyl groups excluding tert-OH is 4. The van der Waals surface area contributed by atoms with Gasteiger partial charge in [-0.05, 0) is 6.23 Å². The van der Waals surface area contributed by atoms with E-state index in [9.17, 15) is 15.3 Å². The van der Waals surface area contributed by atoms with Gasteiger partial charge in [-0.1, -0.05) is 0 Å². The molecule has 0 spiro atoms. The molecule has 0 aliphatic carbocycles. The quantitative estimate of drug-likeness (QED) is 0.404. The molecule has 0 aromatic heterocycles. The zero-order chi connectivity index (χ0) is 10.0. The molecule has 0 aromatic carbocycles. The third kappa shape index (κ3) is 3.28. The minimum absolute atomic E-state index is 0. The van der Waals surface area contributed by atoms with Gasteiger partial charge >= 0.3 is 58.2 Å². The summed E-state index contributed by atoms with van der Waals surface area (Å²) in [5, 5.41) is 40.3. The molecule has 0 saturated carbocycles. The average Bonchev–Trinajstić information content (AvgIpc) is 2.15. The van der Waals surface area contributed by atoms with E-state index in [0.29, 0.717) is 0 Å². The maximum absolute atomic E-state index is 9.31. The maximum Gasteiger partial charge on any atom is 1.00 e. The van der Waals surface area contributed by atoms with Crippen molar-refractivity contribution in [3.05, 3.63) is 5.32 Å². The molecule has 1 aliphatic rings. The fourth-order valence-corrected chi connectivity index (χ4v) is 1.30. The summed E-state index contributed by atoms with van der Waals surface area (Å²) in [7, 11) is 1.42. The van der Waals surface area contributed by atoms with Gasteiger partial charge in [0.2, 0.25) is 0 Å². The Labute approximate surface area is 131 Å². The topological polar surface area (TPSA) is 104 Å². The first kappa shape index (κ1) is 15.6. The normalized spacial score (nSPS) is 43.1.